The minimum atomic E-state index is 0.304. The Hall–Kier alpha value is -1.87. The maximum Gasteiger partial charge on any atom is 0.119 e. The summed E-state index contributed by atoms with van der Waals surface area (Å²) < 4.78 is 5.46. The summed E-state index contributed by atoms with van der Waals surface area (Å²) in [5.74, 6) is 0.921. The van der Waals surface area contributed by atoms with Gasteiger partial charge in [-0.15, -0.1) is 0 Å². The number of hydrogen-bond acceptors (Lipinski definition) is 3. The molecule has 0 aliphatic heterocycles. The molecule has 3 heteroatoms. The fraction of sp³-hybridized carbons (Fsp3) is 0.312. The lowest BCUT2D eigenvalue weighted by Crippen LogP contribution is -2.18. The van der Waals surface area contributed by atoms with E-state index in [1.54, 1.807) is 0 Å². The molecule has 19 heavy (non-hydrogen) atoms. The van der Waals surface area contributed by atoms with Crippen molar-refractivity contribution in [1.29, 1.82) is 0 Å². The van der Waals surface area contributed by atoms with Crippen molar-refractivity contribution < 1.29 is 4.74 Å². The molecule has 1 atom stereocenters. The van der Waals surface area contributed by atoms with Gasteiger partial charge in [-0.05, 0) is 55.8 Å². The summed E-state index contributed by atoms with van der Waals surface area (Å²) in [5.41, 5.74) is 2.55. The largest absolute Gasteiger partial charge is 0.494 e. The summed E-state index contributed by atoms with van der Waals surface area (Å²) in [6, 6.07) is 12.7. The van der Waals surface area contributed by atoms with E-state index in [2.05, 4.69) is 34.6 Å². The van der Waals surface area contributed by atoms with E-state index in [0.29, 0.717) is 12.6 Å². The van der Waals surface area contributed by atoms with Crippen molar-refractivity contribution in [3.8, 4) is 5.75 Å². The molecule has 0 bridgehead atoms. The van der Waals surface area contributed by atoms with E-state index in [1.165, 1.54) is 11.1 Å². The molecule has 0 saturated heterocycles. The van der Waals surface area contributed by atoms with Crippen molar-refractivity contribution in [2.45, 2.75) is 19.4 Å². The van der Waals surface area contributed by atoms with Gasteiger partial charge in [0.05, 0.1) is 6.61 Å². The molecule has 0 fully saturated rings. The first-order valence-corrected chi connectivity index (χ1v) is 6.62. The number of benzene rings is 1. The topological polar surface area (TPSA) is 34.1 Å². The zero-order valence-corrected chi connectivity index (χ0v) is 11.5. The van der Waals surface area contributed by atoms with Crippen LogP contribution in [0.25, 0.3) is 0 Å². The Morgan fingerprint density at radius 1 is 1.11 bits per heavy atom. The van der Waals surface area contributed by atoms with Crippen LogP contribution in [0.4, 0.5) is 0 Å². The summed E-state index contributed by atoms with van der Waals surface area (Å²) >= 11 is 0. The smallest absolute Gasteiger partial charge is 0.119 e. The van der Waals surface area contributed by atoms with Gasteiger partial charge in [0.15, 0.2) is 0 Å². The normalized spacial score (nSPS) is 12.1. The van der Waals surface area contributed by atoms with E-state index in [0.717, 1.165) is 12.2 Å². The number of nitrogens with zero attached hydrogens (tertiary/aromatic N) is 1. The first-order valence-electron chi connectivity index (χ1n) is 6.62. The molecule has 2 rings (SSSR count). The first kappa shape index (κ1) is 13.6. The molecule has 0 radical (unpaired) electrons. The minimum absolute atomic E-state index is 0.304. The van der Waals surface area contributed by atoms with Crippen LogP contribution in [0.2, 0.25) is 0 Å². The summed E-state index contributed by atoms with van der Waals surface area (Å²) in [5, 5.41) is 3.36. The van der Waals surface area contributed by atoms with Crippen molar-refractivity contribution in [2.75, 3.05) is 13.7 Å². The van der Waals surface area contributed by atoms with Crippen molar-refractivity contribution in [1.82, 2.24) is 10.3 Å². The van der Waals surface area contributed by atoms with Crippen molar-refractivity contribution in [2.24, 2.45) is 0 Å². The van der Waals surface area contributed by atoms with E-state index >= 15 is 0 Å². The van der Waals surface area contributed by atoms with Gasteiger partial charge in [-0.2, -0.15) is 0 Å². The van der Waals surface area contributed by atoms with Gasteiger partial charge in [0.1, 0.15) is 5.75 Å². The molecule has 1 unspecified atom stereocenters. The van der Waals surface area contributed by atoms with Gasteiger partial charge >= 0.3 is 0 Å². The molecule has 100 valence electrons. The molecule has 0 amide bonds. The van der Waals surface area contributed by atoms with Gasteiger partial charge in [-0.25, -0.2) is 0 Å². The standard InChI is InChI=1S/C16H20N2O/c1-3-19-15-6-4-14(5-7-15)16(17-2)12-13-8-10-18-11-9-13/h4-11,16-17H,3,12H2,1-2H3. The second kappa shape index (κ2) is 6.90. The van der Waals surface area contributed by atoms with Gasteiger partial charge in [0, 0.05) is 18.4 Å². The van der Waals surface area contributed by atoms with E-state index in [9.17, 15) is 0 Å². The van der Waals surface area contributed by atoms with Crippen molar-refractivity contribution in [3.63, 3.8) is 0 Å². The Morgan fingerprint density at radius 3 is 2.37 bits per heavy atom. The van der Waals surface area contributed by atoms with Crippen LogP contribution in [0.3, 0.4) is 0 Å². The highest BCUT2D eigenvalue weighted by atomic mass is 16.5. The SMILES string of the molecule is CCOc1ccc(C(Cc2ccncc2)NC)cc1. The molecule has 2 aromatic rings. The highest BCUT2D eigenvalue weighted by Gasteiger charge is 2.10. The van der Waals surface area contributed by atoms with Crippen LogP contribution >= 0.6 is 0 Å². The van der Waals surface area contributed by atoms with E-state index in [-0.39, 0.29) is 0 Å². The number of rotatable bonds is 6. The first-order chi connectivity index (χ1) is 9.33. The third-order valence-corrected chi connectivity index (χ3v) is 3.13. The average Bonchev–Trinajstić information content (AvgIpc) is 2.47. The quantitative estimate of drug-likeness (QED) is 0.862. The molecule has 1 aromatic heterocycles. The minimum Gasteiger partial charge on any atom is -0.494 e. The second-order valence-corrected chi connectivity index (χ2v) is 4.40. The Labute approximate surface area is 114 Å². The summed E-state index contributed by atoms with van der Waals surface area (Å²) in [6.07, 6.45) is 4.62. The maximum absolute atomic E-state index is 5.46. The van der Waals surface area contributed by atoms with Gasteiger partial charge in [0.2, 0.25) is 0 Å². The summed E-state index contributed by atoms with van der Waals surface area (Å²) in [7, 11) is 1.99. The highest BCUT2D eigenvalue weighted by Crippen LogP contribution is 2.20. The number of hydrogen-bond donors (Lipinski definition) is 1. The molecule has 0 saturated carbocycles. The van der Waals surface area contributed by atoms with Crippen LogP contribution in [-0.4, -0.2) is 18.6 Å². The predicted octanol–water partition coefficient (Wildman–Crippen LogP) is 2.98. The van der Waals surface area contributed by atoms with Gasteiger partial charge in [-0.1, -0.05) is 12.1 Å². The third-order valence-electron chi connectivity index (χ3n) is 3.13. The third kappa shape index (κ3) is 3.80. The Bertz CT molecular complexity index is 482. The molecule has 0 aliphatic rings. The Morgan fingerprint density at radius 2 is 1.79 bits per heavy atom. The summed E-state index contributed by atoms with van der Waals surface area (Å²) in [6.45, 7) is 2.69. The number of nitrogens with one attached hydrogen (secondary N) is 1. The zero-order chi connectivity index (χ0) is 13.5. The monoisotopic (exact) mass is 256 g/mol. The van der Waals surface area contributed by atoms with Crippen LogP contribution in [0.5, 0.6) is 5.75 Å². The lowest BCUT2D eigenvalue weighted by atomic mass is 9.99. The second-order valence-electron chi connectivity index (χ2n) is 4.40. The molecule has 0 aliphatic carbocycles. The van der Waals surface area contributed by atoms with Crippen molar-refractivity contribution >= 4 is 0 Å². The molecule has 1 N–H and O–H groups in total. The molecule has 3 nitrogen and oxygen atoms in total. The lowest BCUT2D eigenvalue weighted by Gasteiger charge is -2.17. The molecule has 0 spiro atoms. The van der Waals surface area contributed by atoms with E-state index < -0.39 is 0 Å². The number of aromatic nitrogens is 1. The van der Waals surface area contributed by atoms with Crippen LogP contribution in [-0.2, 0) is 6.42 Å². The molecule has 1 aromatic carbocycles. The zero-order valence-electron chi connectivity index (χ0n) is 11.5. The fourth-order valence-electron chi connectivity index (χ4n) is 2.10. The predicted molar refractivity (Wildman–Crippen MR) is 77.4 cm³/mol. The highest BCUT2D eigenvalue weighted by molar-refractivity contribution is 5.30. The Balaban J connectivity index is 2.08. The average molecular weight is 256 g/mol. The van der Waals surface area contributed by atoms with Crippen LogP contribution in [0, 0.1) is 0 Å². The number of ether oxygens (including phenoxy) is 1. The number of likely N-dealkylation sites (N-methyl/N-ethyl adjacent to an activating group) is 1. The lowest BCUT2D eigenvalue weighted by molar-refractivity contribution is 0.340. The van der Waals surface area contributed by atoms with Gasteiger partial charge in [-0.3, -0.25) is 4.98 Å². The molecular formula is C16H20N2O. The summed E-state index contributed by atoms with van der Waals surface area (Å²) in [4.78, 5) is 4.05. The van der Waals surface area contributed by atoms with Gasteiger partial charge < -0.3 is 10.1 Å². The molecular weight excluding hydrogens is 236 g/mol. The van der Waals surface area contributed by atoms with Crippen LogP contribution in [0.1, 0.15) is 24.1 Å². The van der Waals surface area contributed by atoms with Crippen LogP contribution < -0.4 is 10.1 Å². The van der Waals surface area contributed by atoms with Crippen molar-refractivity contribution in [3.05, 3.63) is 59.9 Å². The number of pyridine rings is 1. The van der Waals surface area contributed by atoms with E-state index in [4.69, 9.17) is 4.74 Å². The maximum atomic E-state index is 5.46. The van der Waals surface area contributed by atoms with E-state index in [1.807, 2.05) is 38.5 Å². The molecule has 1 heterocycles. The van der Waals surface area contributed by atoms with Crippen LogP contribution in [0.15, 0.2) is 48.8 Å². The Kier molecular flexibility index (Phi) is 4.93. The van der Waals surface area contributed by atoms with Gasteiger partial charge in [0.25, 0.3) is 0 Å². The fourth-order valence-corrected chi connectivity index (χ4v) is 2.10.